The molecule has 3 aromatic carbocycles. The lowest BCUT2D eigenvalue weighted by Gasteiger charge is -2.35. The van der Waals surface area contributed by atoms with Crippen LogP contribution in [0.3, 0.4) is 0 Å². The number of benzene rings is 3. The van der Waals surface area contributed by atoms with Crippen LogP contribution in [0.5, 0.6) is 0 Å². The molecular formula is C29H27BrF3IN6O3. The average molecular weight is 771 g/mol. The summed E-state index contributed by atoms with van der Waals surface area (Å²) >= 11 is 5.40. The van der Waals surface area contributed by atoms with Gasteiger partial charge in [0, 0.05) is 40.8 Å². The molecule has 5 rings (SSSR count). The molecule has 1 aromatic heterocycles. The number of anilines is 3. The Morgan fingerprint density at radius 1 is 0.953 bits per heavy atom. The van der Waals surface area contributed by atoms with E-state index in [1.807, 2.05) is 40.8 Å². The molecule has 226 valence electrons. The van der Waals surface area contributed by atoms with Gasteiger partial charge in [-0.1, -0.05) is 15.9 Å². The highest BCUT2D eigenvalue weighted by Gasteiger charge is 2.21. The van der Waals surface area contributed by atoms with E-state index in [9.17, 15) is 18.0 Å². The molecule has 1 aliphatic heterocycles. The van der Waals surface area contributed by atoms with E-state index in [0.29, 0.717) is 10.2 Å². The molecule has 1 saturated heterocycles. The molecule has 0 saturated carbocycles. The Bertz CT molecular complexity index is 1610. The molecule has 1 aliphatic rings. The molecule has 0 spiro atoms. The lowest BCUT2D eigenvalue weighted by molar-refractivity contribution is -0.00390. The quantitative estimate of drug-likeness (QED) is 0.115. The monoisotopic (exact) mass is 770 g/mol. The standard InChI is InChI=1S/C29H27BrF3IN6O3/c30-18-1-5-24-25(15-18)36-26(17-35-24)40-9-7-39(8-10-40)11-12-42-13-14-43-38-29(41)20-3-4-21(31)27(33)28(20)37-23-6-2-19(34)16-22(23)32/h1-6,15-17,37H,7-14H2,(H,38,41). The molecule has 0 bridgehead atoms. The Morgan fingerprint density at radius 3 is 2.56 bits per heavy atom. The summed E-state index contributed by atoms with van der Waals surface area (Å²) < 4.78 is 50.0. The number of aromatic nitrogens is 2. The smallest absolute Gasteiger partial charge is 0.277 e. The minimum atomic E-state index is -1.31. The van der Waals surface area contributed by atoms with E-state index in [1.165, 1.54) is 12.1 Å². The number of amides is 1. The normalized spacial score (nSPS) is 13.8. The second kappa shape index (κ2) is 14.6. The molecule has 0 radical (unpaired) electrons. The first kappa shape index (κ1) is 31.4. The molecule has 43 heavy (non-hydrogen) atoms. The van der Waals surface area contributed by atoms with Gasteiger partial charge in [0.2, 0.25) is 0 Å². The Balaban J connectivity index is 1.02. The third-order valence-corrected chi connectivity index (χ3v) is 7.93. The van der Waals surface area contributed by atoms with Gasteiger partial charge in [0.15, 0.2) is 11.6 Å². The molecule has 2 heterocycles. The van der Waals surface area contributed by atoms with Crippen molar-refractivity contribution in [2.24, 2.45) is 0 Å². The number of carbonyl (C=O) groups is 1. The van der Waals surface area contributed by atoms with Crippen molar-refractivity contribution in [3.05, 3.63) is 85.8 Å². The molecular weight excluding hydrogens is 744 g/mol. The van der Waals surface area contributed by atoms with Crippen molar-refractivity contribution in [3.8, 4) is 0 Å². The average Bonchev–Trinajstić information content (AvgIpc) is 3.00. The van der Waals surface area contributed by atoms with Crippen molar-refractivity contribution >= 4 is 72.7 Å². The van der Waals surface area contributed by atoms with Crippen molar-refractivity contribution in [2.45, 2.75) is 0 Å². The van der Waals surface area contributed by atoms with Crippen molar-refractivity contribution in [2.75, 3.05) is 62.8 Å². The molecule has 14 heteroatoms. The van der Waals surface area contributed by atoms with Crippen molar-refractivity contribution in [3.63, 3.8) is 0 Å². The van der Waals surface area contributed by atoms with Gasteiger partial charge in [-0.05, 0) is 71.1 Å². The number of hydrogen-bond donors (Lipinski definition) is 2. The fourth-order valence-electron chi connectivity index (χ4n) is 4.48. The number of piperazine rings is 1. The molecule has 1 fully saturated rings. The van der Waals surface area contributed by atoms with Crippen LogP contribution in [0.15, 0.2) is 59.2 Å². The largest absolute Gasteiger partial charge is 0.378 e. The van der Waals surface area contributed by atoms with E-state index in [1.54, 1.807) is 12.3 Å². The number of nitrogens with zero attached hydrogens (tertiary/aromatic N) is 4. The molecule has 0 atom stereocenters. The summed E-state index contributed by atoms with van der Waals surface area (Å²) in [4.78, 5) is 31.6. The molecule has 0 unspecified atom stereocenters. The van der Waals surface area contributed by atoms with Crippen LogP contribution in [0.2, 0.25) is 0 Å². The Kier molecular flexibility index (Phi) is 10.7. The number of rotatable bonds is 11. The zero-order valence-corrected chi connectivity index (χ0v) is 26.5. The lowest BCUT2D eigenvalue weighted by Crippen LogP contribution is -2.47. The first-order valence-corrected chi connectivity index (χ1v) is 15.3. The summed E-state index contributed by atoms with van der Waals surface area (Å²) in [7, 11) is 0. The van der Waals surface area contributed by atoms with E-state index in [0.717, 1.165) is 66.2 Å². The van der Waals surface area contributed by atoms with E-state index >= 15 is 0 Å². The molecule has 0 aliphatic carbocycles. The maximum absolute atomic E-state index is 14.6. The van der Waals surface area contributed by atoms with Gasteiger partial charge in [0.25, 0.3) is 5.91 Å². The van der Waals surface area contributed by atoms with Crippen LogP contribution in [-0.2, 0) is 9.57 Å². The van der Waals surface area contributed by atoms with Crippen LogP contribution in [0.4, 0.5) is 30.4 Å². The van der Waals surface area contributed by atoms with Crippen molar-refractivity contribution in [1.29, 1.82) is 0 Å². The Morgan fingerprint density at radius 2 is 1.77 bits per heavy atom. The van der Waals surface area contributed by atoms with E-state index in [-0.39, 0.29) is 24.5 Å². The van der Waals surface area contributed by atoms with Crippen LogP contribution in [0, 0.1) is 21.0 Å². The van der Waals surface area contributed by atoms with Gasteiger partial charge < -0.3 is 15.0 Å². The second-order valence-electron chi connectivity index (χ2n) is 9.62. The maximum Gasteiger partial charge on any atom is 0.277 e. The molecule has 1 amide bonds. The van der Waals surface area contributed by atoms with Gasteiger partial charge in [0.1, 0.15) is 11.6 Å². The predicted molar refractivity (Wildman–Crippen MR) is 169 cm³/mol. The van der Waals surface area contributed by atoms with Gasteiger partial charge >= 0.3 is 0 Å². The Labute approximate surface area is 268 Å². The fraction of sp³-hybridized carbons (Fsp3) is 0.276. The van der Waals surface area contributed by atoms with E-state index < -0.39 is 29.0 Å². The number of halogens is 5. The highest BCUT2D eigenvalue weighted by atomic mass is 127. The summed E-state index contributed by atoms with van der Waals surface area (Å²) in [5, 5.41) is 2.48. The first-order valence-electron chi connectivity index (χ1n) is 13.4. The topological polar surface area (TPSA) is 91.9 Å². The zero-order valence-electron chi connectivity index (χ0n) is 22.8. The van der Waals surface area contributed by atoms with Gasteiger partial charge in [-0.25, -0.2) is 23.6 Å². The van der Waals surface area contributed by atoms with Gasteiger partial charge in [-0.2, -0.15) is 0 Å². The zero-order chi connectivity index (χ0) is 30.3. The predicted octanol–water partition coefficient (Wildman–Crippen LogP) is 5.66. The molecule has 2 N–H and O–H groups in total. The minimum Gasteiger partial charge on any atom is -0.378 e. The van der Waals surface area contributed by atoms with Crippen molar-refractivity contribution < 1.29 is 27.5 Å². The number of hydrogen-bond acceptors (Lipinski definition) is 8. The molecule has 9 nitrogen and oxygen atoms in total. The van der Waals surface area contributed by atoms with Gasteiger partial charge in [0.05, 0.1) is 54.0 Å². The number of ether oxygens (including phenoxy) is 1. The summed E-state index contributed by atoms with van der Waals surface area (Å²) in [5.41, 5.74) is 3.04. The third-order valence-electron chi connectivity index (χ3n) is 6.76. The summed E-state index contributed by atoms with van der Waals surface area (Å²) in [6.45, 7) is 4.79. The lowest BCUT2D eigenvalue weighted by atomic mass is 10.1. The number of nitrogens with one attached hydrogen (secondary N) is 2. The fourth-order valence-corrected chi connectivity index (χ4v) is 5.29. The van der Waals surface area contributed by atoms with E-state index in [2.05, 4.69) is 41.5 Å². The van der Waals surface area contributed by atoms with Crippen molar-refractivity contribution in [1.82, 2.24) is 20.3 Å². The maximum atomic E-state index is 14.6. The second-order valence-corrected chi connectivity index (χ2v) is 11.8. The van der Waals surface area contributed by atoms with Crippen LogP contribution >= 0.6 is 38.5 Å². The minimum absolute atomic E-state index is 0.0362. The number of hydroxylamine groups is 1. The van der Waals surface area contributed by atoms with Crippen LogP contribution in [0.25, 0.3) is 11.0 Å². The molecule has 4 aromatic rings. The van der Waals surface area contributed by atoms with Crippen LogP contribution in [0.1, 0.15) is 10.4 Å². The summed E-state index contributed by atoms with van der Waals surface area (Å²) in [6.07, 6.45) is 1.81. The van der Waals surface area contributed by atoms with E-state index in [4.69, 9.17) is 14.6 Å². The van der Waals surface area contributed by atoms with Gasteiger partial charge in [-0.3, -0.25) is 19.5 Å². The summed E-state index contributed by atoms with van der Waals surface area (Å²) in [5.74, 6) is -3.14. The third kappa shape index (κ3) is 8.12. The Hall–Kier alpha value is -3.05. The summed E-state index contributed by atoms with van der Waals surface area (Å²) in [6, 6.07) is 11.9. The van der Waals surface area contributed by atoms with Crippen LogP contribution in [-0.4, -0.2) is 73.3 Å². The van der Waals surface area contributed by atoms with Crippen LogP contribution < -0.4 is 15.7 Å². The highest BCUT2D eigenvalue weighted by molar-refractivity contribution is 14.1. The number of carbonyl (C=O) groups excluding carboxylic acids is 1. The number of fused-ring (bicyclic) bond motifs is 1. The highest BCUT2D eigenvalue weighted by Crippen LogP contribution is 2.28. The SMILES string of the molecule is O=C(NOCCOCCN1CCN(c2cnc3ccc(Br)cc3n2)CC1)c1ccc(F)c(F)c1Nc1ccc(I)cc1F. The first-order chi connectivity index (χ1) is 20.8. The van der Waals surface area contributed by atoms with Gasteiger partial charge in [-0.15, -0.1) is 0 Å².